The van der Waals surface area contributed by atoms with Crippen LogP contribution in [0.15, 0.2) is 54.6 Å². The summed E-state index contributed by atoms with van der Waals surface area (Å²) >= 11 is 12.0. The van der Waals surface area contributed by atoms with E-state index in [1.807, 2.05) is 0 Å². The van der Waals surface area contributed by atoms with Crippen molar-refractivity contribution in [2.24, 2.45) is 23.7 Å². The predicted octanol–water partition coefficient (Wildman–Crippen LogP) is 4.56. The highest BCUT2D eigenvalue weighted by Gasteiger charge is 2.59. The molecule has 1 N–H and O–H groups in total. The van der Waals surface area contributed by atoms with Crippen LogP contribution >= 0.6 is 23.2 Å². The standard InChI is InChI=1S/C22H16Cl2N2O3/c23-14-6-7-17(16(24)10-14)25-20(27)13-2-1-3-15(9-13)26-21(28)18-11-4-5-12(8-11)19(18)22(26)29/h1-7,9-12,18-19H,8H2,(H,25,27). The van der Waals surface area contributed by atoms with E-state index >= 15 is 0 Å². The number of nitrogens with zero attached hydrogens (tertiary/aromatic N) is 1. The third kappa shape index (κ3) is 2.88. The maximum absolute atomic E-state index is 13.0. The maximum Gasteiger partial charge on any atom is 0.255 e. The number of halogens is 2. The Labute approximate surface area is 177 Å². The Hall–Kier alpha value is -2.63. The highest BCUT2D eigenvalue weighted by atomic mass is 35.5. The second-order valence-corrected chi connectivity index (χ2v) is 8.48. The summed E-state index contributed by atoms with van der Waals surface area (Å²) < 4.78 is 0. The number of hydrogen-bond donors (Lipinski definition) is 1. The molecule has 146 valence electrons. The van der Waals surface area contributed by atoms with Gasteiger partial charge >= 0.3 is 0 Å². The Morgan fingerprint density at radius 2 is 1.66 bits per heavy atom. The monoisotopic (exact) mass is 426 g/mol. The van der Waals surface area contributed by atoms with Crippen molar-refractivity contribution in [3.05, 3.63) is 70.2 Å². The van der Waals surface area contributed by atoms with E-state index in [0.29, 0.717) is 27.0 Å². The number of anilines is 2. The summed E-state index contributed by atoms with van der Waals surface area (Å²) in [7, 11) is 0. The minimum Gasteiger partial charge on any atom is -0.321 e. The molecule has 2 aromatic rings. The predicted molar refractivity (Wildman–Crippen MR) is 111 cm³/mol. The number of benzene rings is 2. The molecule has 2 fully saturated rings. The Balaban J connectivity index is 1.41. The van der Waals surface area contributed by atoms with Gasteiger partial charge in [0.1, 0.15) is 0 Å². The summed E-state index contributed by atoms with van der Waals surface area (Å²) in [6, 6.07) is 11.3. The molecule has 2 aromatic carbocycles. The fourth-order valence-corrected chi connectivity index (χ4v) is 5.18. The zero-order valence-corrected chi connectivity index (χ0v) is 16.7. The van der Waals surface area contributed by atoms with Crippen LogP contribution in [0.2, 0.25) is 10.0 Å². The van der Waals surface area contributed by atoms with E-state index in [2.05, 4.69) is 17.5 Å². The average Bonchev–Trinajstić information content (AvgIpc) is 3.38. The quantitative estimate of drug-likeness (QED) is 0.577. The van der Waals surface area contributed by atoms with Crippen LogP contribution < -0.4 is 10.2 Å². The third-order valence-corrected chi connectivity index (χ3v) is 6.56. The zero-order valence-electron chi connectivity index (χ0n) is 15.1. The summed E-state index contributed by atoms with van der Waals surface area (Å²) in [4.78, 5) is 39.9. The molecule has 2 aliphatic carbocycles. The molecule has 3 aliphatic rings. The van der Waals surface area contributed by atoms with E-state index in [0.717, 1.165) is 6.42 Å². The van der Waals surface area contributed by atoms with Crippen molar-refractivity contribution >= 4 is 52.3 Å². The molecule has 4 unspecified atom stereocenters. The summed E-state index contributed by atoms with van der Waals surface area (Å²) in [6.45, 7) is 0. The van der Waals surface area contributed by atoms with E-state index in [4.69, 9.17) is 23.2 Å². The molecule has 0 aromatic heterocycles. The number of nitrogens with one attached hydrogen (secondary N) is 1. The molecule has 3 amide bonds. The molecule has 2 bridgehead atoms. The topological polar surface area (TPSA) is 66.5 Å². The van der Waals surface area contributed by atoms with Crippen molar-refractivity contribution in [1.82, 2.24) is 0 Å². The number of hydrogen-bond acceptors (Lipinski definition) is 3. The number of rotatable bonds is 3. The Morgan fingerprint density at radius 3 is 2.31 bits per heavy atom. The largest absolute Gasteiger partial charge is 0.321 e. The summed E-state index contributed by atoms with van der Waals surface area (Å²) in [6.07, 6.45) is 4.99. The Bertz CT molecular complexity index is 1070. The molecule has 1 heterocycles. The Kier molecular flexibility index (Phi) is 4.26. The van der Waals surface area contributed by atoms with Crippen LogP contribution in [0.1, 0.15) is 16.8 Å². The van der Waals surface area contributed by atoms with Crippen molar-refractivity contribution in [2.75, 3.05) is 10.2 Å². The third-order valence-electron chi connectivity index (χ3n) is 6.02. The molecule has 7 heteroatoms. The van der Waals surface area contributed by atoms with E-state index < -0.39 is 5.91 Å². The number of carbonyl (C=O) groups excluding carboxylic acids is 3. The minimum absolute atomic E-state index is 0.143. The van der Waals surface area contributed by atoms with E-state index in [9.17, 15) is 14.4 Å². The van der Waals surface area contributed by atoms with Crippen LogP contribution in [0.4, 0.5) is 11.4 Å². The van der Waals surface area contributed by atoms with Gasteiger partial charge in [0, 0.05) is 10.6 Å². The first-order chi connectivity index (χ1) is 13.9. The van der Waals surface area contributed by atoms with Crippen molar-refractivity contribution in [1.29, 1.82) is 0 Å². The first-order valence-corrected chi connectivity index (χ1v) is 10.1. The maximum atomic E-state index is 13.0. The molecule has 1 saturated carbocycles. The molecular weight excluding hydrogens is 411 g/mol. The molecule has 5 nitrogen and oxygen atoms in total. The SMILES string of the molecule is O=C(Nc1ccc(Cl)cc1Cl)c1cccc(N2C(=O)C3C4C=CC(C4)C3C2=O)c1. The lowest BCUT2D eigenvalue weighted by atomic mass is 9.85. The van der Waals surface area contributed by atoms with Gasteiger partial charge in [0.05, 0.1) is 28.2 Å². The number of amides is 3. The zero-order chi connectivity index (χ0) is 20.3. The highest BCUT2D eigenvalue weighted by Crippen LogP contribution is 2.53. The second-order valence-electron chi connectivity index (χ2n) is 7.64. The van der Waals surface area contributed by atoms with Crippen LogP contribution in [-0.2, 0) is 9.59 Å². The first-order valence-electron chi connectivity index (χ1n) is 9.36. The normalized spacial score (nSPS) is 26.9. The van der Waals surface area contributed by atoms with Crippen LogP contribution in [0.5, 0.6) is 0 Å². The summed E-state index contributed by atoms with van der Waals surface area (Å²) in [5.41, 5.74) is 1.17. The number of fused-ring (bicyclic) bond motifs is 5. The van der Waals surface area contributed by atoms with Gasteiger partial charge in [0.15, 0.2) is 0 Å². The Morgan fingerprint density at radius 1 is 0.966 bits per heavy atom. The summed E-state index contributed by atoms with van der Waals surface area (Å²) in [5, 5.41) is 3.52. The fraction of sp³-hybridized carbons (Fsp3) is 0.227. The van der Waals surface area contributed by atoms with Crippen LogP contribution in [0.25, 0.3) is 0 Å². The summed E-state index contributed by atoms with van der Waals surface area (Å²) in [5.74, 6) is -0.997. The van der Waals surface area contributed by atoms with Gasteiger partial charge in [0.2, 0.25) is 11.8 Å². The lowest BCUT2D eigenvalue weighted by Crippen LogP contribution is -2.33. The number of imide groups is 1. The van der Waals surface area contributed by atoms with E-state index in [1.54, 1.807) is 36.4 Å². The average molecular weight is 427 g/mol. The molecular formula is C22H16Cl2N2O3. The minimum atomic E-state index is -0.392. The molecule has 29 heavy (non-hydrogen) atoms. The van der Waals surface area contributed by atoms with Crippen LogP contribution in [0, 0.1) is 23.7 Å². The van der Waals surface area contributed by atoms with Gasteiger partial charge in [-0.3, -0.25) is 14.4 Å². The van der Waals surface area contributed by atoms with Gasteiger partial charge in [-0.15, -0.1) is 0 Å². The molecule has 1 aliphatic heterocycles. The number of allylic oxidation sites excluding steroid dienone is 2. The van der Waals surface area contributed by atoms with Crippen LogP contribution in [0.3, 0.4) is 0 Å². The van der Waals surface area contributed by atoms with Gasteiger partial charge in [-0.25, -0.2) is 4.90 Å². The molecule has 0 radical (unpaired) electrons. The fourth-order valence-electron chi connectivity index (χ4n) is 4.73. The second kappa shape index (κ2) is 6.71. The van der Waals surface area contributed by atoms with Crippen LogP contribution in [-0.4, -0.2) is 17.7 Å². The smallest absolute Gasteiger partial charge is 0.255 e. The molecule has 5 rings (SSSR count). The van der Waals surface area contributed by atoms with E-state index in [1.165, 1.54) is 11.0 Å². The molecule has 1 saturated heterocycles. The van der Waals surface area contributed by atoms with Gasteiger partial charge < -0.3 is 5.32 Å². The van der Waals surface area contributed by atoms with E-state index in [-0.39, 0.29) is 35.5 Å². The molecule has 0 spiro atoms. The highest BCUT2D eigenvalue weighted by molar-refractivity contribution is 6.36. The van der Waals surface area contributed by atoms with Crippen molar-refractivity contribution in [3.63, 3.8) is 0 Å². The van der Waals surface area contributed by atoms with Crippen molar-refractivity contribution in [2.45, 2.75) is 6.42 Å². The van der Waals surface area contributed by atoms with Gasteiger partial charge in [-0.05, 0) is 54.7 Å². The lowest BCUT2D eigenvalue weighted by Gasteiger charge is -2.18. The van der Waals surface area contributed by atoms with Gasteiger partial charge in [-0.1, -0.05) is 41.4 Å². The van der Waals surface area contributed by atoms with Gasteiger partial charge in [0.25, 0.3) is 5.91 Å². The first kappa shape index (κ1) is 18.4. The number of carbonyl (C=O) groups is 3. The van der Waals surface area contributed by atoms with Gasteiger partial charge in [-0.2, -0.15) is 0 Å². The lowest BCUT2D eigenvalue weighted by molar-refractivity contribution is -0.123. The van der Waals surface area contributed by atoms with Crippen molar-refractivity contribution < 1.29 is 14.4 Å². The molecule has 4 atom stereocenters. The van der Waals surface area contributed by atoms with Crippen molar-refractivity contribution in [3.8, 4) is 0 Å².